The van der Waals surface area contributed by atoms with Crippen molar-refractivity contribution in [1.82, 2.24) is 20.5 Å². The molecule has 0 atom stereocenters. The van der Waals surface area contributed by atoms with Crippen molar-refractivity contribution in [2.75, 3.05) is 6.54 Å². The van der Waals surface area contributed by atoms with Crippen LogP contribution in [0.3, 0.4) is 0 Å². The lowest BCUT2D eigenvalue weighted by atomic mass is 10.1. The van der Waals surface area contributed by atoms with Crippen molar-refractivity contribution in [3.63, 3.8) is 0 Å². The number of hydrogen-bond donors (Lipinski definition) is 2. The molecule has 0 saturated heterocycles. The van der Waals surface area contributed by atoms with E-state index in [0.29, 0.717) is 6.42 Å². The lowest BCUT2D eigenvalue weighted by Gasteiger charge is -2.05. The van der Waals surface area contributed by atoms with Gasteiger partial charge in [-0.1, -0.05) is 120 Å². The smallest absolute Gasteiger partial charge is 0.259 e. The summed E-state index contributed by atoms with van der Waals surface area (Å²) in [6.45, 7) is 2.15. The van der Waals surface area contributed by atoms with E-state index in [2.05, 4.69) is 22.8 Å². The van der Waals surface area contributed by atoms with Gasteiger partial charge in [0.1, 0.15) is 5.69 Å². The van der Waals surface area contributed by atoms with E-state index < -0.39 is 0 Å². The van der Waals surface area contributed by atoms with Crippen LogP contribution in [0.15, 0.2) is 72.0 Å². The molecule has 7 heteroatoms. The number of carbonyl (C=O) groups is 2. The zero-order chi connectivity index (χ0) is 27.5. The molecule has 0 aliphatic rings. The summed E-state index contributed by atoms with van der Waals surface area (Å²) in [4.78, 5) is 24.3. The molecule has 1 aromatic heterocycles. The fraction of sp³-hybridized carbons (Fsp3) is 0.438. The van der Waals surface area contributed by atoms with Crippen molar-refractivity contribution < 1.29 is 9.59 Å². The first-order valence-electron chi connectivity index (χ1n) is 14.5. The normalized spacial score (nSPS) is 11.1. The number of hydrogen-bond acceptors (Lipinski definition) is 4. The molecule has 2 aromatic carbocycles. The van der Waals surface area contributed by atoms with Gasteiger partial charge in [-0.2, -0.15) is 10.2 Å². The third kappa shape index (κ3) is 11.3. The van der Waals surface area contributed by atoms with Crippen LogP contribution in [0.25, 0.3) is 16.9 Å². The molecular weight excluding hydrogens is 486 g/mol. The molecule has 1 heterocycles. The summed E-state index contributed by atoms with van der Waals surface area (Å²) < 4.78 is 1.79. The van der Waals surface area contributed by atoms with Gasteiger partial charge in [-0.05, 0) is 18.6 Å². The highest BCUT2D eigenvalue weighted by Gasteiger charge is 2.11. The van der Waals surface area contributed by atoms with E-state index in [1.54, 1.807) is 10.9 Å². The predicted octanol–water partition coefficient (Wildman–Crippen LogP) is 6.81. The van der Waals surface area contributed by atoms with Gasteiger partial charge in [0, 0.05) is 23.7 Å². The molecule has 0 saturated carbocycles. The van der Waals surface area contributed by atoms with Crippen molar-refractivity contribution in [1.29, 1.82) is 0 Å². The number of rotatable bonds is 18. The first kappa shape index (κ1) is 29.8. The Labute approximate surface area is 233 Å². The number of aromatic nitrogens is 2. The Hall–Kier alpha value is -3.74. The number of nitrogens with zero attached hydrogens (tertiary/aromatic N) is 3. The quantitative estimate of drug-likeness (QED) is 0.108. The van der Waals surface area contributed by atoms with Crippen LogP contribution in [0, 0.1) is 0 Å². The van der Waals surface area contributed by atoms with E-state index in [9.17, 15) is 9.59 Å². The van der Waals surface area contributed by atoms with Crippen LogP contribution in [-0.4, -0.2) is 34.4 Å². The Morgan fingerprint density at radius 2 is 1.38 bits per heavy atom. The molecule has 39 heavy (non-hydrogen) atoms. The molecule has 0 aliphatic carbocycles. The molecule has 0 bridgehead atoms. The Morgan fingerprint density at radius 1 is 0.795 bits per heavy atom. The summed E-state index contributed by atoms with van der Waals surface area (Å²) in [7, 11) is 0. The first-order valence-corrected chi connectivity index (χ1v) is 14.5. The van der Waals surface area contributed by atoms with Gasteiger partial charge in [-0.25, -0.2) is 10.1 Å². The van der Waals surface area contributed by atoms with Crippen LogP contribution in [0.5, 0.6) is 0 Å². The minimum Gasteiger partial charge on any atom is -0.347 e. The molecule has 2 amide bonds. The molecule has 208 valence electrons. The summed E-state index contributed by atoms with van der Waals surface area (Å²) in [5, 5.41) is 11.5. The van der Waals surface area contributed by atoms with Gasteiger partial charge in [0.25, 0.3) is 5.91 Å². The molecule has 0 radical (unpaired) electrons. The van der Waals surface area contributed by atoms with Gasteiger partial charge < -0.3 is 5.32 Å². The highest BCUT2D eigenvalue weighted by molar-refractivity contribution is 5.90. The van der Waals surface area contributed by atoms with Gasteiger partial charge >= 0.3 is 0 Å². The fourth-order valence-corrected chi connectivity index (χ4v) is 4.45. The molecule has 0 spiro atoms. The maximum atomic E-state index is 12.2. The maximum Gasteiger partial charge on any atom is 0.259 e. The van der Waals surface area contributed by atoms with Crippen LogP contribution in [0.2, 0.25) is 0 Å². The van der Waals surface area contributed by atoms with E-state index in [0.717, 1.165) is 35.3 Å². The average molecular weight is 530 g/mol. The minimum absolute atomic E-state index is 0.0942. The molecular formula is C32H43N5O2. The molecule has 3 aromatic rings. The van der Waals surface area contributed by atoms with Crippen molar-refractivity contribution in [3.05, 3.63) is 72.4 Å². The van der Waals surface area contributed by atoms with Gasteiger partial charge in [-0.3, -0.25) is 9.59 Å². The number of benzene rings is 2. The van der Waals surface area contributed by atoms with E-state index >= 15 is 0 Å². The lowest BCUT2D eigenvalue weighted by Crippen LogP contribution is -2.34. The Balaban J connectivity index is 1.36. The number of hydrazone groups is 1. The van der Waals surface area contributed by atoms with Crippen LogP contribution in [-0.2, 0) is 9.59 Å². The predicted molar refractivity (Wildman–Crippen MR) is 159 cm³/mol. The SMILES string of the molecule is CCCCCCCCCCCCCC(=O)NCC(=O)N/N=C/c1cn(-c2ccccc2)nc1-c1ccccc1. The van der Waals surface area contributed by atoms with Crippen LogP contribution in [0.4, 0.5) is 0 Å². The molecule has 3 rings (SSSR count). The van der Waals surface area contributed by atoms with Crippen molar-refractivity contribution in [2.45, 2.75) is 84.0 Å². The van der Waals surface area contributed by atoms with Gasteiger partial charge in [0.2, 0.25) is 5.91 Å². The zero-order valence-corrected chi connectivity index (χ0v) is 23.3. The standard InChI is InChI=1S/C32H43N5O2/c1-2-3-4-5-6-7-8-9-10-11-18-23-30(38)33-25-31(39)35-34-24-28-26-37(29-21-16-13-17-22-29)36-32(28)27-19-14-12-15-20-27/h12-17,19-22,24,26H,2-11,18,23,25H2,1H3,(H,33,38)(H,35,39)/b34-24+. The summed E-state index contributed by atoms with van der Waals surface area (Å²) in [5.41, 5.74) is 5.92. The lowest BCUT2D eigenvalue weighted by molar-refractivity contribution is -0.126. The van der Waals surface area contributed by atoms with Crippen molar-refractivity contribution >= 4 is 18.0 Å². The average Bonchev–Trinajstić information content (AvgIpc) is 3.40. The van der Waals surface area contributed by atoms with Crippen LogP contribution >= 0.6 is 0 Å². The Kier molecular flexibility index (Phi) is 13.5. The number of amides is 2. The fourth-order valence-electron chi connectivity index (χ4n) is 4.45. The summed E-state index contributed by atoms with van der Waals surface area (Å²) >= 11 is 0. The molecule has 0 fully saturated rings. The highest BCUT2D eigenvalue weighted by Crippen LogP contribution is 2.22. The number of unbranched alkanes of at least 4 members (excludes halogenated alkanes) is 10. The van der Waals surface area contributed by atoms with E-state index in [-0.39, 0.29) is 18.4 Å². The monoisotopic (exact) mass is 529 g/mol. The van der Waals surface area contributed by atoms with E-state index in [1.165, 1.54) is 57.8 Å². The Morgan fingerprint density at radius 3 is 2.03 bits per heavy atom. The minimum atomic E-state index is -0.366. The van der Waals surface area contributed by atoms with Crippen LogP contribution in [0.1, 0.15) is 89.5 Å². The second-order valence-electron chi connectivity index (χ2n) is 9.93. The zero-order valence-electron chi connectivity index (χ0n) is 23.3. The summed E-state index contributed by atoms with van der Waals surface area (Å²) in [6, 6.07) is 19.7. The Bertz CT molecular complexity index is 1140. The molecule has 7 nitrogen and oxygen atoms in total. The molecule has 2 N–H and O–H groups in total. The molecule has 0 unspecified atom stereocenters. The number of nitrogens with one attached hydrogen (secondary N) is 2. The maximum absolute atomic E-state index is 12.2. The van der Waals surface area contributed by atoms with Crippen LogP contribution < -0.4 is 10.7 Å². The number of carbonyl (C=O) groups excluding carboxylic acids is 2. The van der Waals surface area contributed by atoms with E-state index in [1.807, 2.05) is 66.9 Å². The highest BCUT2D eigenvalue weighted by atomic mass is 16.2. The third-order valence-corrected chi connectivity index (χ3v) is 6.66. The second-order valence-corrected chi connectivity index (χ2v) is 9.93. The van der Waals surface area contributed by atoms with Crippen molar-refractivity contribution in [2.24, 2.45) is 5.10 Å². The largest absolute Gasteiger partial charge is 0.347 e. The van der Waals surface area contributed by atoms with E-state index in [4.69, 9.17) is 5.10 Å². The van der Waals surface area contributed by atoms with Crippen molar-refractivity contribution in [3.8, 4) is 16.9 Å². The summed E-state index contributed by atoms with van der Waals surface area (Å²) in [5.74, 6) is -0.462. The third-order valence-electron chi connectivity index (χ3n) is 6.66. The molecule has 0 aliphatic heterocycles. The number of para-hydroxylation sites is 1. The second kappa shape index (κ2) is 17.7. The summed E-state index contributed by atoms with van der Waals surface area (Å²) in [6.07, 6.45) is 17.6. The topological polar surface area (TPSA) is 88.4 Å². The van der Waals surface area contributed by atoms with Gasteiger partial charge in [-0.15, -0.1) is 0 Å². The van der Waals surface area contributed by atoms with Gasteiger partial charge in [0.15, 0.2) is 0 Å². The first-order chi connectivity index (χ1) is 19.2. The van der Waals surface area contributed by atoms with Gasteiger partial charge in [0.05, 0.1) is 18.4 Å².